The number of anilines is 3. The van der Waals surface area contributed by atoms with Crippen molar-refractivity contribution in [3.05, 3.63) is 60.4 Å². The van der Waals surface area contributed by atoms with Gasteiger partial charge in [-0.1, -0.05) is 6.07 Å². The molecule has 0 aliphatic carbocycles. The number of fused-ring (bicyclic) bond motifs is 1. The van der Waals surface area contributed by atoms with Crippen LogP contribution in [0.15, 0.2) is 48.8 Å². The van der Waals surface area contributed by atoms with E-state index in [-0.39, 0.29) is 17.1 Å². The Morgan fingerprint density at radius 1 is 1.07 bits per heavy atom. The molecule has 152 valence electrons. The van der Waals surface area contributed by atoms with Gasteiger partial charge in [-0.15, -0.1) is 0 Å². The Balaban J connectivity index is 1.55. The molecule has 4 aromatic rings. The molecular weight excluding hydrogens is 388 g/mol. The maximum Gasteiger partial charge on any atom is 0.200 e. The van der Waals surface area contributed by atoms with Gasteiger partial charge in [-0.25, -0.2) is 18.7 Å². The lowest BCUT2D eigenvalue weighted by Crippen LogP contribution is -2.17. The summed E-state index contributed by atoms with van der Waals surface area (Å²) in [5, 5.41) is 13.8. The SMILES string of the molecule is Oc1[nH]cc2nc(-c3c(F)cccc3F)cc(Nc3ccc(N4CCCC4)cn3)c12. The van der Waals surface area contributed by atoms with Gasteiger partial charge in [-0.05, 0) is 43.2 Å². The van der Waals surface area contributed by atoms with Crippen molar-refractivity contribution in [1.29, 1.82) is 0 Å². The number of aromatic amines is 1. The number of hydrogen-bond donors (Lipinski definition) is 3. The van der Waals surface area contributed by atoms with Crippen molar-refractivity contribution in [2.75, 3.05) is 23.3 Å². The minimum Gasteiger partial charge on any atom is -0.494 e. The summed E-state index contributed by atoms with van der Waals surface area (Å²) in [7, 11) is 0. The van der Waals surface area contributed by atoms with Gasteiger partial charge in [0.1, 0.15) is 17.5 Å². The van der Waals surface area contributed by atoms with Crippen molar-refractivity contribution in [1.82, 2.24) is 15.0 Å². The lowest BCUT2D eigenvalue weighted by Gasteiger charge is -2.17. The first-order chi connectivity index (χ1) is 14.6. The third-order valence-electron chi connectivity index (χ3n) is 5.33. The number of aromatic nitrogens is 3. The molecule has 0 radical (unpaired) electrons. The van der Waals surface area contributed by atoms with Gasteiger partial charge in [0.05, 0.1) is 39.7 Å². The zero-order valence-corrected chi connectivity index (χ0v) is 16.0. The molecule has 5 rings (SSSR count). The number of hydrogen-bond acceptors (Lipinski definition) is 5. The maximum atomic E-state index is 14.3. The molecule has 1 aromatic carbocycles. The average molecular weight is 407 g/mol. The quantitative estimate of drug-likeness (QED) is 0.446. The van der Waals surface area contributed by atoms with Gasteiger partial charge in [0.2, 0.25) is 0 Å². The van der Waals surface area contributed by atoms with E-state index in [1.54, 1.807) is 6.20 Å². The van der Waals surface area contributed by atoms with E-state index in [1.807, 2.05) is 12.1 Å². The minimum atomic E-state index is -0.708. The zero-order valence-electron chi connectivity index (χ0n) is 16.0. The van der Waals surface area contributed by atoms with Crippen molar-refractivity contribution in [2.24, 2.45) is 0 Å². The number of halogens is 2. The summed E-state index contributed by atoms with van der Waals surface area (Å²) < 4.78 is 28.6. The lowest BCUT2D eigenvalue weighted by atomic mass is 10.1. The molecule has 0 spiro atoms. The number of aromatic hydroxyl groups is 1. The third kappa shape index (κ3) is 3.20. The van der Waals surface area contributed by atoms with E-state index in [4.69, 9.17) is 0 Å². The molecule has 1 fully saturated rings. The first-order valence-electron chi connectivity index (χ1n) is 9.73. The van der Waals surface area contributed by atoms with Crippen molar-refractivity contribution >= 4 is 28.1 Å². The molecule has 1 aliphatic heterocycles. The number of nitrogens with one attached hydrogen (secondary N) is 2. The smallest absolute Gasteiger partial charge is 0.200 e. The van der Waals surface area contributed by atoms with E-state index >= 15 is 0 Å². The molecule has 0 amide bonds. The van der Waals surface area contributed by atoms with Crippen LogP contribution >= 0.6 is 0 Å². The van der Waals surface area contributed by atoms with Crippen LogP contribution in [0.25, 0.3) is 22.2 Å². The van der Waals surface area contributed by atoms with Crippen LogP contribution < -0.4 is 10.2 Å². The molecule has 0 bridgehead atoms. The largest absolute Gasteiger partial charge is 0.494 e. The second-order valence-electron chi connectivity index (χ2n) is 7.27. The molecule has 1 saturated heterocycles. The highest BCUT2D eigenvalue weighted by molar-refractivity contribution is 5.99. The van der Waals surface area contributed by atoms with Crippen LogP contribution in [-0.2, 0) is 0 Å². The predicted octanol–water partition coefficient (Wildman–Crippen LogP) is 4.95. The Labute approximate surface area is 171 Å². The molecule has 3 aromatic heterocycles. The highest BCUT2D eigenvalue weighted by atomic mass is 19.1. The van der Waals surface area contributed by atoms with Crippen LogP contribution in [0.3, 0.4) is 0 Å². The molecule has 4 heterocycles. The van der Waals surface area contributed by atoms with Crippen molar-refractivity contribution in [3.8, 4) is 17.1 Å². The fraction of sp³-hybridized carbons (Fsp3) is 0.182. The summed E-state index contributed by atoms with van der Waals surface area (Å²) >= 11 is 0. The van der Waals surface area contributed by atoms with Crippen LogP contribution in [0.5, 0.6) is 5.88 Å². The molecule has 6 nitrogen and oxygen atoms in total. The van der Waals surface area contributed by atoms with Gasteiger partial charge in [0.25, 0.3) is 0 Å². The summed E-state index contributed by atoms with van der Waals surface area (Å²) in [5.41, 5.74) is 1.77. The Morgan fingerprint density at radius 2 is 1.83 bits per heavy atom. The summed E-state index contributed by atoms with van der Waals surface area (Å²) in [6.45, 7) is 2.04. The summed E-state index contributed by atoms with van der Waals surface area (Å²) in [6, 6.07) is 9.00. The van der Waals surface area contributed by atoms with E-state index in [0.29, 0.717) is 22.4 Å². The number of nitrogens with zero attached hydrogens (tertiary/aromatic N) is 3. The maximum absolute atomic E-state index is 14.3. The Kier molecular flexibility index (Phi) is 4.46. The average Bonchev–Trinajstić information content (AvgIpc) is 3.39. The first kappa shape index (κ1) is 18.4. The summed E-state index contributed by atoms with van der Waals surface area (Å²) in [6.07, 6.45) is 5.64. The topological polar surface area (TPSA) is 77.1 Å². The van der Waals surface area contributed by atoms with Crippen LogP contribution in [0.1, 0.15) is 12.8 Å². The van der Waals surface area contributed by atoms with E-state index in [0.717, 1.165) is 18.8 Å². The Bertz CT molecular complexity index is 1200. The monoisotopic (exact) mass is 407 g/mol. The van der Waals surface area contributed by atoms with E-state index < -0.39 is 11.6 Å². The van der Waals surface area contributed by atoms with Gasteiger partial charge >= 0.3 is 0 Å². The number of rotatable bonds is 4. The molecule has 0 atom stereocenters. The van der Waals surface area contributed by atoms with Gasteiger partial charge in [-0.2, -0.15) is 0 Å². The van der Waals surface area contributed by atoms with Crippen LogP contribution in [0, 0.1) is 11.6 Å². The molecule has 30 heavy (non-hydrogen) atoms. The van der Waals surface area contributed by atoms with Crippen molar-refractivity contribution < 1.29 is 13.9 Å². The van der Waals surface area contributed by atoms with Gasteiger partial charge in [0.15, 0.2) is 5.88 Å². The molecule has 0 saturated carbocycles. The second-order valence-corrected chi connectivity index (χ2v) is 7.27. The fourth-order valence-electron chi connectivity index (χ4n) is 3.86. The van der Waals surface area contributed by atoms with Crippen molar-refractivity contribution in [3.63, 3.8) is 0 Å². The van der Waals surface area contributed by atoms with Gasteiger partial charge in [0, 0.05) is 19.3 Å². The van der Waals surface area contributed by atoms with Gasteiger partial charge in [-0.3, -0.25) is 0 Å². The number of benzene rings is 1. The molecule has 3 N–H and O–H groups in total. The summed E-state index contributed by atoms with van der Waals surface area (Å²) in [4.78, 5) is 13.8. The third-order valence-corrected chi connectivity index (χ3v) is 5.33. The normalized spacial score (nSPS) is 13.9. The molecular formula is C22H19F2N5O. The van der Waals surface area contributed by atoms with E-state index in [9.17, 15) is 13.9 Å². The Morgan fingerprint density at radius 3 is 2.53 bits per heavy atom. The standard InChI is InChI=1S/C22H19F2N5O/c23-14-4-3-5-15(24)20(14)16-10-17(21-18(27-16)12-26-22(21)30)28-19-7-6-13(11-25-19)29-8-1-2-9-29/h3-7,10-12,26,30H,1-2,8-9H2,(H,25,28). The second kappa shape index (κ2) is 7.29. The zero-order chi connectivity index (χ0) is 20.7. The van der Waals surface area contributed by atoms with Gasteiger partial charge < -0.3 is 20.3 Å². The Hall–Kier alpha value is -3.68. The van der Waals surface area contributed by atoms with Crippen LogP contribution in [0.2, 0.25) is 0 Å². The number of H-pyrrole nitrogens is 1. The fourth-order valence-corrected chi connectivity index (χ4v) is 3.86. The van der Waals surface area contributed by atoms with E-state index in [2.05, 4.69) is 25.2 Å². The molecule has 8 heteroatoms. The predicted molar refractivity (Wildman–Crippen MR) is 112 cm³/mol. The highest BCUT2D eigenvalue weighted by Crippen LogP contribution is 2.36. The van der Waals surface area contributed by atoms with Crippen LogP contribution in [-0.4, -0.2) is 33.1 Å². The minimum absolute atomic E-state index is 0.0887. The molecule has 1 aliphatic rings. The number of pyridine rings is 2. The van der Waals surface area contributed by atoms with Crippen molar-refractivity contribution in [2.45, 2.75) is 12.8 Å². The van der Waals surface area contributed by atoms with E-state index in [1.165, 1.54) is 43.3 Å². The lowest BCUT2D eigenvalue weighted by molar-refractivity contribution is 0.463. The molecule has 0 unspecified atom stereocenters. The highest BCUT2D eigenvalue weighted by Gasteiger charge is 2.18. The first-order valence-corrected chi connectivity index (χ1v) is 9.73. The van der Waals surface area contributed by atoms with Crippen LogP contribution in [0.4, 0.5) is 26.0 Å². The summed E-state index contributed by atoms with van der Waals surface area (Å²) in [5.74, 6) is -0.957.